The van der Waals surface area contributed by atoms with Crippen molar-refractivity contribution in [1.29, 1.82) is 0 Å². The molecule has 0 aromatic heterocycles. The molecule has 0 atom stereocenters. The average molecular weight is 566 g/mol. The summed E-state index contributed by atoms with van der Waals surface area (Å²) in [5, 5.41) is 9.70. The fourth-order valence-electron chi connectivity index (χ4n) is 3.90. The maximum atomic E-state index is 13.4. The van der Waals surface area contributed by atoms with Crippen molar-refractivity contribution >= 4 is 39.9 Å². The van der Waals surface area contributed by atoms with Gasteiger partial charge in [-0.15, -0.1) is 4.83 Å². The minimum Gasteiger partial charge on any atom is -0.478 e. The molecule has 4 aromatic rings. The number of benzene rings is 4. The van der Waals surface area contributed by atoms with Gasteiger partial charge in [0.25, 0.3) is 15.9 Å². The van der Waals surface area contributed by atoms with Crippen LogP contribution in [0, 0.1) is 0 Å². The molecule has 0 bridgehead atoms. The number of aliphatic carboxylic acids is 1. The Morgan fingerprint density at radius 1 is 0.805 bits per heavy atom. The minimum atomic E-state index is -4.21. The first kappa shape index (κ1) is 27.3. The Kier molecular flexibility index (Phi) is 7.86. The van der Waals surface area contributed by atoms with Crippen LogP contribution in [0.5, 0.6) is 11.5 Å². The third-order valence-corrected chi connectivity index (χ3v) is 7.19. The number of ether oxygens (including phenoxy) is 1. The SMILES string of the molecule is O=C(O)/C=C/c1ccc(S(=O)(=O)NN2C(=O)/C(=C/c3ccc(Oc4ccccc4)cc3)N=C2c2ccccc2)cc1. The minimum absolute atomic E-state index is 0.0393. The van der Waals surface area contributed by atoms with Crippen LogP contribution in [0.15, 0.2) is 131 Å². The van der Waals surface area contributed by atoms with Crippen LogP contribution >= 0.6 is 0 Å². The lowest BCUT2D eigenvalue weighted by Crippen LogP contribution is -2.47. The fraction of sp³-hybridized carbons (Fsp3) is 0. The van der Waals surface area contributed by atoms with Crippen LogP contribution in [-0.4, -0.2) is 36.2 Å². The van der Waals surface area contributed by atoms with Crippen molar-refractivity contribution in [3.63, 3.8) is 0 Å². The quantitative estimate of drug-likeness (QED) is 0.272. The molecule has 41 heavy (non-hydrogen) atoms. The Bertz CT molecular complexity index is 1770. The number of hydrazine groups is 1. The number of hydrogen-bond donors (Lipinski definition) is 2. The van der Waals surface area contributed by atoms with Gasteiger partial charge in [0.15, 0.2) is 5.84 Å². The number of carbonyl (C=O) groups excluding carboxylic acids is 1. The molecule has 204 valence electrons. The van der Waals surface area contributed by atoms with Gasteiger partial charge in [-0.05, 0) is 59.7 Å². The summed E-state index contributed by atoms with van der Waals surface area (Å²) in [5.74, 6) is -0.350. The summed E-state index contributed by atoms with van der Waals surface area (Å²) >= 11 is 0. The number of aliphatic imine (C=N–C) groups is 1. The largest absolute Gasteiger partial charge is 0.478 e. The Balaban J connectivity index is 1.40. The van der Waals surface area contributed by atoms with E-state index in [9.17, 15) is 18.0 Å². The maximum absolute atomic E-state index is 13.4. The van der Waals surface area contributed by atoms with E-state index < -0.39 is 21.9 Å². The Labute approximate surface area is 236 Å². The van der Waals surface area contributed by atoms with E-state index in [2.05, 4.69) is 9.82 Å². The van der Waals surface area contributed by atoms with Crippen LogP contribution in [0.2, 0.25) is 0 Å². The molecule has 0 unspecified atom stereocenters. The number of nitrogens with one attached hydrogen (secondary N) is 1. The molecule has 9 nitrogen and oxygen atoms in total. The molecule has 1 aliphatic rings. The molecule has 10 heteroatoms. The van der Waals surface area contributed by atoms with Gasteiger partial charge in [0.2, 0.25) is 0 Å². The van der Waals surface area contributed by atoms with Gasteiger partial charge in [0.05, 0.1) is 4.90 Å². The van der Waals surface area contributed by atoms with Gasteiger partial charge in [0.1, 0.15) is 17.2 Å². The summed E-state index contributed by atoms with van der Waals surface area (Å²) in [6, 6.07) is 30.7. The number of nitrogens with zero attached hydrogens (tertiary/aromatic N) is 2. The third-order valence-electron chi connectivity index (χ3n) is 5.87. The van der Waals surface area contributed by atoms with Gasteiger partial charge in [-0.1, -0.05) is 72.8 Å². The number of amidine groups is 1. The lowest BCUT2D eigenvalue weighted by atomic mass is 10.2. The lowest BCUT2D eigenvalue weighted by molar-refractivity contribution is -0.131. The molecule has 0 saturated heterocycles. The number of sulfonamides is 1. The fourth-order valence-corrected chi connectivity index (χ4v) is 4.90. The zero-order valence-electron chi connectivity index (χ0n) is 21.4. The number of carboxylic acid groups (broad SMARTS) is 1. The molecule has 0 fully saturated rings. The monoisotopic (exact) mass is 565 g/mol. The molecular weight excluding hydrogens is 542 g/mol. The molecule has 0 radical (unpaired) electrons. The molecule has 1 amide bonds. The smallest absolute Gasteiger partial charge is 0.328 e. The van der Waals surface area contributed by atoms with Crippen molar-refractivity contribution in [2.24, 2.45) is 4.99 Å². The van der Waals surface area contributed by atoms with Gasteiger partial charge in [-0.25, -0.2) is 23.2 Å². The third kappa shape index (κ3) is 6.64. The highest BCUT2D eigenvalue weighted by Gasteiger charge is 2.34. The Morgan fingerprint density at radius 3 is 2.02 bits per heavy atom. The summed E-state index contributed by atoms with van der Waals surface area (Å²) < 4.78 is 32.3. The van der Waals surface area contributed by atoms with Crippen molar-refractivity contribution < 1.29 is 27.9 Å². The standard InChI is InChI=1S/C31H23N3O6S/c35-29(36)20-15-22-13-18-27(19-14-22)41(38,39)33-34-30(24-7-3-1-4-8-24)32-28(31(34)37)21-23-11-16-26(17-12-23)40-25-9-5-2-6-10-25/h1-21,33H,(H,35,36)/b20-15+,28-21-. The van der Waals surface area contributed by atoms with Crippen molar-refractivity contribution in [2.75, 3.05) is 0 Å². The van der Waals surface area contributed by atoms with Gasteiger partial charge in [-0.3, -0.25) is 4.79 Å². The van der Waals surface area contributed by atoms with Gasteiger partial charge >= 0.3 is 5.97 Å². The van der Waals surface area contributed by atoms with Crippen molar-refractivity contribution in [3.8, 4) is 11.5 Å². The molecule has 0 spiro atoms. The summed E-state index contributed by atoms with van der Waals surface area (Å²) in [7, 11) is -4.21. The highest BCUT2D eigenvalue weighted by molar-refractivity contribution is 7.89. The maximum Gasteiger partial charge on any atom is 0.328 e. The van der Waals surface area contributed by atoms with E-state index >= 15 is 0 Å². The van der Waals surface area contributed by atoms with Gasteiger partial charge in [0, 0.05) is 11.6 Å². The molecule has 2 N–H and O–H groups in total. The topological polar surface area (TPSA) is 125 Å². The normalized spacial score (nSPS) is 14.4. The number of para-hydroxylation sites is 1. The number of carbonyl (C=O) groups is 2. The van der Waals surface area contributed by atoms with Gasteiger partial charge < -0.3 is 9.84 Å². The van der Waals surface area contributed by atoms with E-state index in [0.29, 0.717) is 28.2 Å². The van der Waals surface area contributed by atoms with E-state index in [1.54, 1.807) is 60.7 Å². The molecule has 4 aromatic carbocycles. The van der Waals surface area contributed by atoms with Crippen LogP contribution < -0.4 is 9.57 Å². The van der Waals surface area contributed by atoms with E-state index in [1.165, 1.54) is 30.3 Å². The van der Waals surface area contributed by atoms with Crippen LogP contribution in [0.1, 0.15) is 16.7 Å². The van der Waals surface area contributed by atoms with E-state index in [0.717, 1.165) is 11.1 Å². The van der Waals surface area contributed by atoms with Crippen molar-refractivity contribution in [2.45, 2.75) is 4.90 Å². The number of amides is 1. The van der Waals surface area contributed by atoms with Crippen LogP contribution in [0.3, 0.4) is 0 Å². The van der Waals surface area contributed by atoms with E-state index in [-0.39, 0.29) is 16.4 Å². The first-order chi connectivity index (χ1) is 19.8. The van der Waals surface area contributed by atoms with Gasteiger partial charge in [-0.2, -0.15) is 0 Å². The molecule has 0 aliphatic carbocycles. The molecule has 1 heterocycles. The highest BCUT2D eigenvalue weighted by Crippen LogP contribution is 2.25. The van der Waals surface area contributed by atoms with Crippen LogP contribution in [0.25, 0.3) is 12.2 Å². The number of hydrogen-bond acceptors (Lipinski definition) is 6. The molecule has 5 rings (SSSR count). The second-order valence-corrected chi connectivity index (χ2v) is 10.5. The molecule has 0 saturated carbocycles. The Hall–Kier alpha value is -5.32. The highest BCUT2D eigenvalue weighted by atomic mass is 32.2. The van der Waals surface area contributed by atoms with Crippen LogP contribution in [-0.2, 0) is 19.6 Å². The number of rotatable bonds is 9. The zero-order chi connectivity index (χ0) is 28.8. The summed E-state index contributed by atoms with van der Waals surface area (Å²) in [6.07, 6.45) is 3.86. The first-order valence-electron chi connectivity index (χ1n) is 12.4. The second kappa shape index (κ2) is 11.8. The zero-order valence-corrected chi connectivity index (χ0v) is 22.2. The Morgan fingerprint density at radius 2 is 1.39 bits per heavy atom. The van der Waals surface area contributed by atoms with Crippen molar-refractivity contribution in [3.05, 3.63) is 138 Å². The van der Waals surface area contributed by atoms with E-state index in [4.69, 9.17) is 9.84 Å². The summed E-state index contributed by atoms with van der Waals surface area (Å²) in [6.45, 7) is 0. The molecular formula is C31H23N3O6S. The number of carboxylic acids is 1. The second-order valence-electron chi connectivity index (χ2n) is 8.79. The van der Waals surface area contributed by atoms with E-state index in [1.807, 2.05) is 30.3 Å². The van der Waals surface area contributed by atoms with Crippen LogP contribution in [0.4, 0.5) is 0 Å². The summed E-state index contributed by atoms with van der Waals surface area (Å²) in [5.41, 5.74) is 1.74. The average Bonchev–Trinajstić information content (AvgIpc) is 3.28. The van der Waals surface area contributed by atoms with Crippen molar-refractivity contribution in [1.82, 2.24) is 9.84 Å². The predicted octanol–water partition coefficient (Wildman–Crippen LogP) is 5.10. The predicted molar refractivity (Wildman–Crippen MR) is 154 cm³/mol. The molecule has 1 aliphatic heterocycles. The lowest BCUT2D eigenvalue weighted by Gasteiger charge is -2.19. The first-order valence-corrected chi connectivity index (χ1v) is 13.8. The summed E-state index contributed by atoms with van der Waals surface area (Å²) in [4.78, 5) is 30.9.